The van der Waals surface area contributed by atoms with Crippen LogP contribution in [0.15, 0.2) is 35.7 Å². The number of hydrogen-bond donors (Lipinski definition) is 1. The number of Topliss-reactive ketones (excluding diaryl/α,β-unsaturated/α-hetero) is 2. The molecule has 1 aromatic carbocycles. The Hall–Kier alpha value is -3.13. The van der Waals surface area contributed by atoms with Gasteiger partial charge in [-0.3, -0.25) is 24.0 Å². The van der Waals surface area contributed by atoms with Crippen molar-refractivity contribution < 1.29 is 33.4 Å². The van der Waals surface area contributed by atoms with Crippen LogP contribution in [-0.4, -0.2) is 120 Å². The first-order valence-corrected chi connectivity index (χ1v) is 23.5. The van der Waals surface area contributed by atoms with Gasteiger partial charge in [0.25, 0.3) is 5.91 Å². The second-order valence-corrected chi connectivity index (χ2v) is 19.1. The Morgan fingerprint density at radius 3 is 2.12 bits per heavy atom. The van der Waals surface area contributed by atoms with E-state index >= 15 is 0 Å². The number of hydrogen-bond acceptors (Lipinski definition) is 10. The maximum atomic E-state index is 14.4. The average molecular weight is 871 g/mol. The summed E-state index contributed by atoms with van der Waals surface area (Å²) >= 11 is 5.66. The van der Waals surface area contributed by atoms with Crippen LogP contribution in [0.5, 0.6) is 0 Å². The van der Waals surface area contributed by atoms with E-state index in [1.54, 1.807) is 43.5 Å². The largest absolute Gasteiger partial charge is 0.379 e. The van der Waals surface area contributed by atoms with E-state index < -0.39 is 30.1 Å². The number of carbonyl (C=O) groups excluding carboxylic acids is 5. The van der Waals surface area contributed by atoms with E-state index in [9.17, 15) is 24.0 Å². The Balaban J connectivity index is 1.83. The Bertz CT molecular complexity index is 1690. The molecule has 9 atom stereocenters. The van der Waals surface area contributed by atoms with Crippen LogP contribution in [0.25, 0.3) is 0 Å². The second-order valence-electron chi connectivity index (χ2n) is 17.7. The number of amides is 3. The van der Waals surface area contributed by atoms with E-state index in [-0.39, 0.29) is 84.2 Å². The molecule has 3 rings (SSSR count). The minimum Gasteiger partial charge on any atom is -0.379 e. The number of carbonyl (C=O) groups is 5. The second kappa shape index (κ2) is 24.5. The van der Waals surface area contributed by atoms with Crippen LogP contribution in [0.1, 0.15) is 121 Å². The Morgan fingerprint density at radius 2 is 1.55 bits per heavy atom. The number of ether oxygens (including phenoxy) is 2. The topological polar surface area (TPSA) is 126 Å². The Morgan fingerprint density at radius 1 is 0.900 bits per heavy atom. The molecule has 2 aromatic rings. The summed E-state index contributed by atoms with van der Waals surface area (Å²) in [4.78, 5) is 79.2. The van der Waals surface area contributed by atoms with Crippen molar-refractivity contribution in [2.24, 2.45) is 35.5 Å². The first-order chi connectivity index (χ1) is 28.4. The summed E-state index contributed by atoms with van der Waals surface area (Å²) < 4.78 is 12.2. The van der Waals surface area contributed by atoms with E-state index in [4.69, 9.17) is 14.5 Å². The minimum absolute atomic E-state index is 0.00469. The standard InChI is InChI=1S/C47H74N4O7S2/c1-13-31(6)43(50(10)46(55)36(30(4)5)26-40(53)32(7)29(2)3)41(57-11)27-42(54)51-21-17-20-38(51)44(58-12)33(8)39(52)25-35(24-34-18-15-14-16-19-34)45-48-37(28-60-45)47(56)49(9)22-23-59/h14-16,18-19,28-33,35-36,38,41,43-44,59H,13,17,20-27H2,1-12H3/t31-,32-,33-,35+,36-,38-,41+,43-,44+/m0/s1. The fourth-order valence-electron chi connectivity index (χ4n) is 8.58. The van der Waals surface area contributed by atoms with Gasteiger partial charge in [-0.2, -0.15) is 12.6 Å². The summed E-state index contributed by atoms with van der Waals surface area (Å²) in [6.45, 7) is 17.0. The van der Waals surface area contributed by atoms with Gasteiger partial charge in [0.15, 0.2) is 0 Å². The molecule has 13 heteroatoms. The SMILES string of the molecule is CC[C@H](C)[C@@H]([C@@H](CC(=O)N1CCC[C@H]1[C@H](OC)[C@@H](C)C(=O)C[C@@H](Cc1ccccc1)c1nc(C(=O)N(C)CCS)cs1)OC)N(C)C(=O)[C@@H](CC(=O)[C@@H](C)C(C)C)C(C)C. The van der Waals surface area contributed by atoms with Gasteiger partial charge in [0.1, 0.15) is 17.3 Å². The number of benzene rings is 1. The zero-order valence-corrected chi connectivity index (χ0v) is 40.1. The van der Waals surface area contributed by atoms with Crippen LogP contribution in [0.3, 0.4) is 0 Å². The van der Waals surface area contributed by atoms with E-state index in [1.807, 2.05) is 76.8 Å². The molecule has 2 heterocycles. The molecule has 0 spiro atoms. The molecule has 11 nitrogen and oxygen atoms in total. The highest BCUT2D eigenvalue weighted by Gasteiger charge is 2.43. The van der Waals surface area contributed by atoms with Crippen molar-refractivity contribution in [3.63, 3.8) is 0 Å². The predicted molar refractivity (Wildman–Crippen MR) is 244 cm³/mol. The van der Waals surface area contributed by atoms with Gasteiger partial charge >= 0.3 is 0 Å². The molecule has 60 heavy (non-hydrogen) atoms. The van der Waals surface area contributed by atoms with Crippen molar-refractivity contribution in [3.8, 4) is 0 Å². The van der Waals surface area contributed by atoms with E-state index in [2.05, 4.69) is 26.5 Å². The van der Waals surface area contributed by atoms with Crippen molar-refractivity contribution in [2.45, 2.75) is 131 Å². The maximum Gasteiger partial charge on any atom is 0.273 e. The number of thiol groups is 1. The lowest BCUT2D eigenvalue weighted by atomic mass is 9.82. The maximum absolute atomic E-state index is 14.4. The Labute approximate surface area is 370 Å². The van der Waals surface area contributed by atoms with Gasteiger partial charge < -0.3 is 24.2 Å². The van der Waals surface area contributed by atoms with Gasteiger partial charge in [-0.1, -0.05) is 92.1 Å². The molecular weight excluding hydrogens is 797 g/mol. The summed E-state index contributed by atoms with van der Waals surface area (Å²) in [5, 5.41) is 2.50. The average Bonchev–Trinajstić information content (AvgIpc) is 3.93. The zero-order valence-electron chi connectivity index (χ0n) is 38.4. The lowest BCUT2D eigenvalue weighted by Crippen LogP contribution is -2.54. The Kier molecular flexibility index (Phi) is 20.9. The van der Waals surface area contributed by atoms with Gasteiger partial charge in [-0.25, -0.2) is 4.98 Å². The van der Waals surface area contributed by atoms with Crippen LogP contribution in [0.2, 0.25) is 0 Å². The van der Waals surface area contributed by atoms with Gasteiger partial charge in [-0.05, 0) is 42.6 Å². The van der Waals surface area contributed by atoms with Crippen LogP contribution >= 0.6 is 24.0 Å². The van der Waals surface area contributed by atoms with Crippen molar-refractivity contribution in [3.05, 3.63) is 52.0 Å². The zero-order chi connectivity index (χ0) is 44.8. The molecule has 3 amide bonds. The number of aromatic nitrogens is 1. The van der Waals surface area contributed by atoms with E-state index in [0.717, 1.165) is 23.4 Å². The van der Waals surface area contributed by atoms with Crippen LogP contribution in [0.4, 0.5) is 0 Å². The molecule has 0 aliphatic carbocycles. The molecule has 0 bridgehead atoms. The van der Waals surface area contributed by atoms with E-state index in [1.165, 1.54) is 11.3 Å². The van der Waals surface area contributed by atoms with Crippen molar-refractivity contribution in [1.82, 2.24) is 19.7 Å². The molecule has 1 aromatic heterocycles. The van der Waals surface area contributed by atoms with Gasteiger partial charge in [0.05, 0.1) is 35.7 Å². The summed E-state index contributed by atoms with van der Waals surface area (Å²) in [5.41, 5.74) is 1.43. The fraction of sp³-hybridized carbons (Fsp3) is 0.702. The fourth-order valence-corrected chi connectivity index (χ4v) is 9.77. The predicted octanol–water partition coefficient (Wildman–Crippen LogP) is 7.87. The molecule has 0 N–H and O–H groups in total. The number of ketones is 2. The molecule has 0 saturated carbocycles. The van der Waals surface area contributed by atoms with Crippen molar-refractivity contribution in [1.29, 1.82) is 0 Å². The van der Waals surface area contributed by atoms with Gasteiger partial charge in [-0.15, -0.1) is 11.3 Å². The number of likely N-dealkylation sites (tertiary alicyclic amines) is 1. The first-order valence-electron chi connectivity index (χ1n) is 21.9. The monoisotopic (exact) mass is 870 g/mol. The van der Waals surface area contributed by atoms with E-state index in [0.29, 0.717) is 37.4 Å². The molecule has 1 aliphatic rings. The summed E-state index contributed by atoms with van der Waals surface area (Å²) in [7, 11) is 6.71. The van der Waals surface area contributed by atoms with Gasteiger partial charge in [0, 0.05) is 89.1 Å². The third kappa shape index (κ3) is 13.4. The van der Waals surface area contributed by atoms with Crippen molar-refractivity contribution >= 4 is 53.3 Å². The smallest absolute Gasteiger partial charge is 0.273 e. The molecule has 1 fully saturated rings. The molecule has 1 saturated heterocycles. The lowest BCUT2D eigenvalue weighted by Gasteiger charge is -2.41. The number of rotatable bonds is 25. The van der Waals surface area contributed by atoms with Crippen LogP contribution in [-0.2, 0) is 35.1 Å². The highest BCUT2D eigenvalue weighted by molar-refractivity contribution is 7.80. The highest BCUT2D eigenvalue weighted by Crippen LogP contribution is 2.34. The van der Waals surface area contributed by atoms with Crippen LogP contribution in [0, 0.1) is 35.5 Å². The number of methoxy groups -OCH3 is 2. The third-order valence-electron chi connectivity index (χ3n) is 13.0. The third-order valence-corrected chi connectivity index (χ3v) is 14.3. The first kappa shape index (κ1) is 51.2. The molecule has 1 aliphatic heterocycles. The molecular formula is C47H74N4O7S2. The lowest BCUT2D eigenvalue weighted by molar-refractivity contribution is -0.149. The molecule has 336 valence electrons. The van der Waals surface area contributed by atoms with Crippen molar-refractivity contribution in [2.75, 3.05) is 47.2 Å². The van der Waals surface area contributed by atoms with Gasteiger partial charge in [0.2, 0.25) is 11.8 Å². The summed E-state index contributed by atoms with van der Waals surface area (Å²) in [6.07, 6.45) is 2.11. The summed E-state index contributed by atoms with van der Waals surface area (Å²) in [6, 6.07) is 9.25. The van der Waals surface area contributed by atoms with Crippen LogP contribution < -0.4 is 0 Å². The minimum atomic E-state index is -0.590. The quantitative estimate of drug-likeness (QED) is 0.100. The molecule has 0 unspecified atom stereocenters. The number of nitrogens with zero attached hydrogens (tertiary/aromatic N) is 4. The normalized spacial score (nSPS) is 18.4. The molecule has 0 radical (unpaired) electrons. The highest BCUT2D eigenvalue weighted by atomic mass is 32.1. The summed E-state index contributed by atoms with van der Waals surface area (Å²) in [5.74, 6) is -1.01. The number of likely N-dealkylation sites (N-methyl/N-ethyl adjacent to an activating group) is 1. The number of thiazole rings is 1.